The summed E-state index contributed by atoms with van der Waals surface area (Å²) < 4.78 is 32.0. The zero-order chi connectivity index (χ0) is 24.2. The second kappa shape index (κ2) is 10.0. The number of rotatable bonds is 6. The predicted molar refractivity (Wildman–Crippen MR) is 124 cm³/mol. The van der Waals surface area contributed by atoms with Crippen molar-refractivity contribution in [3.05, 3.63) is 64.7 Å². The zero-order valence-electron chi connectivity index (χ0n) is 18.9. The number of likely N-dealkylation sites (tertiary alicyclic amines) is 1. The van der Waals surface area contributed by atoms with Crippen LogP contribution >= 0.6 is 0 Å². The smallest absolute Gasteiger partial charge is 0.325 e. The molecule has 9 heteroatoms. The third-order valence-electron chi connectivity index (χ3n) is 6.03. The van der Waals surface area contributed by atoms with Gasteiger partial charge in [-0.3, -0.25) is 14.3 Å². The van der Waals surface area contributed by atoms with Gasteiger partial charge >= 0.3 is 5.97 Å². The van der Waals surface area contributed by atoms with Crippen molar-refractivity contribution in [2.24, 2.45) is 0 Å². The Morgan fingerprint density at radius 2 is 1.79 bits per heavy atom. The summed E-state index contributed by atoms with van der Waals surface area (Å²) in [6, 6.07) is 14.5. The number of piperidine rings is 1. The number of hydrogen-bond donors (Lipinski definition) is 1. The zero-order valence-corrected chi connectivity index (χ0v) is 19.7. The lowest BCUT2D eigenvalue weighted by Gasteiger charge is -2.32. The first-order valence-electron chi connectivity index (χ1n) is 10.7. The van der Waals surface area contributed by atoms with E-state index in [0.717, 1.165) is 25.5 Å². The molecule has 174 valence electrons. The number of amides is 1. The Hall–Kier alpha value is -3.38. The second-order valence-corrected chi connectivity index (χ2v) is 10.1. The molecule has 0 saturated carbocycles. The van der Waals surface area contributed by atoms with Crippen LogP contribution in [0.1, 0.15) is 52.7 Å². The van der Waals surface area contributed by atoms with Gasteiger partial charge in [-0.15, -0.1) is 0 Å². The second-order valence-electron chi connectivity index (χ2n) is 8.14. The molecular formula is C24H27N3O5S. The van der Waals surface area contributed by atoms with Gasteiger partial charge in [0.2, 0.25) is 10.0 Å². The van der Waals surface area contributed by atoms with Crippen molar-refractivity contribution in [3.63, 3.8) is 0 Å². The quantitative estimate of drug-likeness (QED) is 0.650. The topological polar surface area (TPSA) is 117 Å². The van der Waals surface area contributed by atoms with E-state index in [1.807, 2.05) is 24.3 Å². The number of nitriles is 1. The molecule has 1 atom stereocenters. The summed E-state index contributed by atoms with van der Waals surface area (Å²) in [7, 11) is -2.90. The van der Waals surface area contributed by atoms with E-state index in [0.29, 0.717) is 35.7 Å². The molecule has 0 aromatic heterocycles. The number of sulfonamides is 1. The van der Waals surface area contributed by atoms with Crippen molar-refractivity contribution in [1.29, 1.82) is 5.26 Å². The lowest BCUT2D eigenvalue weighted by atomic mass is 9.89. The number of carbonyl (C=O) groups is 2. The minimum Gasteiger partial charge on any atom is -0.468 e. The number of hydrogen-bond acceptors (Lipinski definition) is 6. The number of nitrogens with zero attached hydrogens (tertiary/aromatic N) is 2. The van der Waals surface area contributed by atoms with Gasteiger partial charge in [0.1, 0.15) is 0 Å². The summed E-state index contributed by atoms with van der Waals surface area (Å²) in [6.45, 7) is 4.13. The fourth-order valence-electron chi connectivity index (χ4n) is 3.83. The Balaban J connectivity index is 1.69. The third kappa shape index (κ3) is 5.52. The SMILES string of the molecule is COC(=O)C(C)S(=O)(=O)Nc1cc(C(=O)N2CCC(c3ccc(C#N)cc3)CC2)ccc1C. The number of nitrogens with one attached hydrogen (secondary N) is 1. The van der Waals surface area contributed by atoms with Crippen molar-refractivity contribution in [3.8, 4) is 6.07 Å². The molecule has 2 aromatic rings. The molecule has 1 N–H and O–H groups in total. The average molecular weight is 470 g/mol. The van der Waals surface area contributed by atoms with E-state index in [2.05, 4.69) is 15.5 Å². The number of carbonyl (C=O) groups excluding carboxylic acids is 2. The Bertz CT molecular complexity index is 1180. The van der Waals surface area contributed by atoms with Crippen molar-refractivity contribution >= 4 is 27.6 Å². The molecule has 1 aliphatic heterocycles. The molecular weight excluding hydrogens is 442 g/mol. The number of benzene rings is 2. The number of esters is 1. The van der Waals surface area contributed by atoms with Crippen LogP contribution in [-0.4, -0.2) is 50.6 Å². The molecule has 33 heavy (non-hydrogen) atoms. The average Bonchev–Trinajstić information content (AvgIpc) is 2.84. The molecule has 1 heterocycles. The van der Waals surface area contributed by atoms with Crippen LogP contribution in [0.3, 0.4) is 0 Å². The first kappa shape index (κ1) is 24.3. The van der Waals surface area contributed by atoms with Crippen LogP contribution in [0.2, 0.25) is 0 Å². The minimum atomic E-state index is -4.03. The Morgan fingerprint density at radius 1 is 1.15 bits per heavy atom. The lowest BCUT2D eigenvalue weighted by Crippen LogP contribution is -2.38. The van der Waals surface area contributed by atoms with Gasteiger partial charge in [0.15, 0.2) is 5.25 Å². The van der Waals surface area contributed by atoms with Crippen LogP contribution in [0.25, 0.3) is 0 Å². The third-order valence-corrected chi connectivity index (χ3v) is 7.66. The first-order valence-corrected chi connectivity index (χ1v) is 12.2. The molecule has 2 aromatic carbocycles. The molecule has 3 rings (SSSR count). The van der Waals surface area contributed by atoms with Gasteiger partial charge in [0, 0.05) is 18.7 Å². The van der Waals surface area contributed by atoms with Crippen LogP contribution < -0.4 is 4.72 Å². The Labute approximate surface area is 194 Å². The van der Waals surface area contributed by atoms with E-state index >= 15 is 0 Å². The largest absolute Gasteiger partial charge is 0.468 e. The monoisotopic (exact) mass is 469 g/mol. The van der Waals surface area contributed by atoms with Crippen LogP contribution in [0.4, 0.5) is 5.69 Å². The van der Waals surface area contributed by atoms with E-state index in [4.69, 9.17) is 5.26 Å². The maximum atomic E-state index is 13.1. The molecule has 1 aliphatic rings. The van der Waals surface area contributed by atoms with Gasteiger partial charge in [0.05, 0.1) is 24.4 Å². The summed E-state index contributed by atoms with van der Waals surface area (Å²) in [5.41, 5.74) is 3.04. The molecule has 0 bridgehead atoms. The molecule has 0 aliphatic carbocycles. The Morgan fingerprint density at radius 3 is 2.36 bits per heavy atom. The van der Waals surface area contributed by atoms with Crippen molar-refractivity contribution < 1.29 is 22.7 Å². The summed E-state index contributed by atoms with van der Waals surface area (Å²) >= 11 is 0. The van der Waals surface area contributed by atoms with Gasteiger partial charge in [-0.1, -0.05) is 18.2 Å². The van der Waals surface area contributed by atoms with E-state index in [9.17, 15) is 18.0 Å². The summed E-state index contributed by atoms with van der Waals surface area (Å²) in [5, 5.41) is 7.57. The standard InChI is InChI=1S/C24H27N3O5S/c1-16-4-7-21(14-22(16)26-33(30,31)17(2)24(29)32-3)23(28)27-12-10-20(11-13-27)19-8-5-18(15-25)6-9-19/h4-9,14,17,20,26H,10-13H2,1-3H3. The van der Waals surface area contributed by atoms with E-state index in [1.165, 1.54) is 13.0 Å². The molecule has 8 nitrogen and oxygen atoms in total. The highest BCUT2D eigenvalue weighted by Crippen LogP contribution is 2.29. The van der Waals surface area contributed by atoms with Gasteiger partial charge in [-0.25, -0.2) is 8.42 Å². The highest BCUT2D eigenvalue weighted by atomic mass is 32.2. The molecule has 0 spiro atoms. The molecule has 0 radical (unpaired) electrons. The maximum Gasteiger partial charge on any atom is 0.325 e. The number of anilines is 1. The lowest BCUT2D eigenvalue weighted by molar-refractivity contribution is -0.139. The normalized spacial score (nSPS) is 15.4. The molecule has 1 fully saturated rings. The van der Waals surface area contributed by atoms with Gasteiger partial charge in [-0.05, 0) is 68.0 Å². The highest BCUT2D eigenvalue weighted by Gasteiger charge is 2.30. The van der Waals surface area contributed by atoms with Crippen LogP contribution in [-0.2, 0) is 19.6 Å². The summed E-state index contributed by atoms with van der Waals surface area (Å²) in [6.07, 6.45) is 1.61. The van der Waals surface area contributed by atoms with Crippen LogP contribution in [0.5, 0.6) is 0 Å². The summed E-state index contributed by atoms with van der Waals surface area (Å²) in [4.78, 5) is 26.5. The Kier molecular flexibility index (Phi) is 7.39. The van der Waals surface area contributed by atoms with Crippen LogP contribution in [0.15, 0.2) is 42.5 Å². The van der Waals surface area contributed by atoms with Gasteiger partial charge in [0.25, 0.3) is 5.91 Å². The minimum absolute atomic E-state index is 0.172. The number of ether oxygens (including phenoxy) is 1. The number of aryl methyl sites for hydroxylation is 1. The maximum absolute atomic E-state index is 13.1. The molecule has 1 amide bonds. The van der Waals surface area contributed by atoms with Crippen molar-refractivity contribution in [2.75, 3.05) is 24.9 Å². The molecule has 1 saturated heterocycles. The fourth-order valence-corrected chi connectivity index (χ4v) is 4.88. The molecule has 1 unspecified atom stereocenters. The van der Waals surface area contributed by atoms with Gasteiger partial charge in [-0.2, -0.15) is 5.26 Å². The van der Waals surface area contributed by atoms with E-state index in [1.54, 1.807) is 24.0 Å². The highest BCUT2D eigenvalue weighted by molar-refractivity contribution is 7.94. The van der Waals surface area contributed by atoms with Crippen molar-refractivity contribution in [2.45, 2.75) is 37.9 Å². The van der Waals surface area contributed by atoms with E-state index in [-0.39, 0.29) is 11.6 Å². The van der Waals surface area contributed by atoms with E-state index < -0.39 is 21.2 Å². The fraction of sp³-hybridized carbons (Fsp3) is 0.375. The number of methoxy groups -OCH3 is 1. The predicted octanol–water partition coefficient (Wildman–Crippen LogP) is 3.19. The van der Waals surface area contributed by atoms with Gasteiger partial charge < -0.3 is 9.64 Å². The summed E-state index contributed by atoms with van der Waals surface area (Å²) in [5.74, 6) is -0.714. The first-order chi connectivity index (χ1) is 15.7. The van der Waals surface area contributed by atoms with Crippen LogP contribution in [0, 0.1) is 18.3 Å². The van der Waals surface area contributed by atoms with Crippen molar-refractivity contribution in [1.82, 2.24) is 4.90 Å².